The van der Waals surface area contributed by atoms with Gasteiger partial charge in [-0.2, -0.15) is 0 Å². The molecule has 0 atom stereocenters. The standard InChI is InChI=1S/C18H24FN5O/c1-12(10-17(21)23-13(2)20)18(22)24-8-6-15(7-9-24)25-16-5-3-4-14(19)11-16/h3-5,10-11,15,22H,6-9H2,1-2H3,(H3,20,21,23)/b12-10-,22-18?. The topological polar surface area (TPSA) is 98.5 Å². The van der Waals surface area contributed by atoms with Gasteiger partial charge in [-0.25, -0.2) is 9.38 Å². The van der Waals surface area contributed by atoms with Crippen LogP contribution in [0.25, 0.3) is 0 Å². The SMILES string of the molecule is CC(N)=NC(=N)/C=C(/C)C(=N)N1CCC(Oc2cccc(F)c2)CC1. The number of nitrogens with one attached hydrogen (secondary N) is 2. The van der Waals surface area contributed by atoms with E-state index in [1.807, 2.05) is 4.90 Å². The highest BCUT2D eigenvalue weighted by Crippen LogP contribution is 2.20. The zero-order valence-electron chi connectivity index (χ0n) is 14.6. The molecule has 0 aliphatic carbocycles. The van der Waals surface area contributed by atoms with Crippen LogP contribution >= 0.6 is 0 Å². The average Bonchev–Trinajstić information content (AvgIpc) is 2.54. The number of halogens is 1. The smallest absolute Gasteiger partial charge is 0.146 e. The molecular formula is C18H24FN5O. The monoisotopic (exact) mass is 345 g/mol. The molecule has 134 valence electrons. The predicted molar refractivity (Wildman–Crippen MR) is 98.1 cm³/mol. The normalized spacial score (nSPS) is 16.7. The molecule has 0 unspecified atom stereocenters. The highest BCUT2D eigenvalue weighted by molar-refractivity contribution is 6.06. The lowest BCUT2D eigenvalue weighted by molar-refractivity contribution is 0.130. The molecule has 1 aliphatic heterocycles. The second-order valence-electron chi connectivity index (χ2n) is 6.08. The van der Waals surface area contributed by atoms with Gasteiger partial charge in [-0.3, -0.25) is 10.8 Å². The van der Waals surface area contributed by atoms with Gasteiger partial charge in [-0.15, -0.1) is 0 Å². The van der Waals surface area contributed by atoms with Crippen LogP contribution in [0.2, 0.25) is 0 Å². The van der Waals surface area contributed by atoms with Crippen molar-refractivity contribution < 1.29 is 9.13 Å². The molecule has 0 aromatic heterocycles. The number of hydrogen-bond donors (Lipinski definition) is 3. The number of piperidine rings is 1. The van der Waals surface area contributed by atoms with Gasteiger partial charge >= 0.3 is 0 Å². The second kappa shape index (κ2) is 8.41. The predicted octanol–water partition coefficient (Wildman–Crippen LogP) is 2.95. The number of amidine groups is 3. The number of likely N-dealkylation sites (tertiary alicyclic amines) is 1. The molecule has 1 fully saturated rings. The van der Waals surface area contributed by atoms with Crippen LogP contribution in [0.4, 0.5) is 4.39 Å². The van der Waals surface area contributed by atoms with E-state index in [1.165, 1.54) is 18.2 Å². The van der Waals surface area contributed by atoms with Crippen molar-refractivity contribution in [1.29, 1.82) is 10.8 Å². The van der Waals surface area contributed by atoms with E-state index in [0.29, 0.717) is 36.1 Å². The summed E-state index contributed by atoms with van der Waals surface area (Å²) < 4.78 is 19.0. The van der Waals surface area contributed by atoms with Crippen molar-refractivity contribution in [3.8, 4) is 5.75 Å². The number of hydrogen-bond acceptors (Lipinski definition) is 3. The van der Waals surface area contributed by atoms with E-state index in [0.717, 1.165) is 12.8 Å². The number of nitrogens with two attached hydrogens (primary N) is 1. The number of benzene rings is 1. The van der Waals surface area contributed by atoms with Crippen molar-refractivity contribution in [3.63, 3.8) is 0 Å². The molecule has 0 bridgehead atoms. The maximum atomic E-state index is 13.2. The maximum Gasteiger partial charge on any atom is 0.146 e. The van der Waals surface area contributed by atoms with Gasteiger partial charge in [0, 0.05) is 32.0 Å². The molecule has 1 heterocycles. The van der Waals surface area contributed by atoms with E-state index in [-0.39, 0.29) is 17.8 Å². The first-order valence-electron chi connectivity index (χ1n) is 8.19. The molecule has 1 aliphatic rings. The Bertz CT molecular complexity index is 701. The Labute approximate surface area is 147 Å². The van der Waals surface area contributed by atoms with E-state index in [2.05, 4.69) is 4.99 Å². The highest BCUT2D eigenvalue weighted by Gasteiger charge is 2.23. The Balaban J connectivity index is 1.88. The number of aliphatic imine (C=N–C) groups is 1. The fourth-order valence-corrected chi connectivity index (χ4v) is 2.68. The fraction of sp³-hybridized carbons (Fsp3) is 0.389. The molecule has 0 spiro atoms. The quantitative estimate of drug-likeness (QED) is 0.578. The van der Waals surface area contributed by atoms with Gasteiger partial charge in [0.25, 0.3) is 0 Å². The zero-order valence-corrected chi connectivity index (χ0v) is 14.6. The molecule has 1 aromatic carbocycles. The number of ether oxygens (including phenoxy) is 1. The summed E-state index contributed by atoms with van der Waals surface area (Å²) in [7, 11) is 0. The first-order chi connectivity index (χ1) is 11.8. The van der Waals surface area contributed by atoms with Gasteiger partial charge in [0.05, 0.1) is 5.84 Å². The minimum atomic E-state index is -0.310. The van der Waals surface area contributed by atoms with Crippen LogP contribution in [0.15, 0.2) is 40.9 Å². The van der Waals surface area contributed by atoms with Gasteiger partial charge in [0.2, 0.25) is 0 Å². The number of nitrogens with zero attached hydrogens (tertiary/aromatic N) is 2. The van der Waals surface area contributed by atoms with E-state index in [1.54, 1.807) is 26.0 Å². The Hall–Kier alpha value is -2.70. The van der Waals surface area contributed by atoms with Crippen molar-refractivity contribution in [3.05, 3.63) is 41.7 Å². The van der Waals surface area contributed by atoms with Crippen molar-refractivity contribution in [2.75, 3.05) is 13.1 Å². The van der Waals surface area contributed by atoms with E-state index < -0.39 is 0 Å². The zero-order chi connectivity index (χ0) is 18.4. The van der Waals surface area contributed by atoms with Gasteiger partial charge < -0.3 is 15.4 Å². The molecule has 0 amide bonds. The maximum absolute atomic E-state index is 13.2. The molecular weight excluding hydrogens is 321 g/mol. The van der Waals surface area contributed by atoms with Crippen molar-refractivity contribution in [1.82, 2.24) is 4.90 Å². The lowest BCUT2D eigenvalue weighted by atomic mass is 10.1. The fourth-order valence-electron chi connectivity index (χ4n) is 2.68. The molecule has 0 radical (unpaired) electrons. The lowest BCUT2D eigenvalue weighted by Gasteiger charge is -2.34. The van der Waals surface area contributed by atoms with Gasteiger partial charge in [0.1, 0.15) is 29.3 Å². The van der Waals surface area contributed by atoms with Crippen molar-refractivity contribution in [2.24, 2.45) is 10.7 Å². The minimum absolute atomic E-state index is 0.0120. The van der Waals surface area contributed by atoms with Gasteiger partial charge in [-0.05, 0) is 37.6 Å². The molecule has 1 aromatic rings. The summed E-state index contributed by atoms with van der Waals surface area (Å²) in [4.78, 5) is 5.79. The first kappa shape index (κ1) is 18.6. The summed E-state index contributed by atoms with van der Waals surface area (Å²) in [6.45, 7) is 4.76. The summed E-state index contributed by atoms with van der Waals surface area (Å²) in [6.07, 6.45) is 3.06. The average molecular weight is 345 g/mol. The van der Waals surface area contributed by atoms with E-state index >= 15 is 0 Å². The van der Waals surface area contributed by atoms with E-state index in [4.69, 9.17) is 21.3 Å². The third kappa shape index (κ3) is 5.70. The molecule has 2 rings (SSSR count). The second-order valence-corrected chi connectivity index (χ2v) is 6.08. The van der Waals surface area contributed by atoms with Gasteiger partial charge in [-0.1, -0.05) is 6.07 Å². The summed E-state index contributed by atoms with van der Waals surface area (Å²) in [5.41, 5.74) is 6.12. The molecule has 1 saturated heterocycles. The lowest BCUT2D eigenvalue weighted by Crippen LogP contribution is -2.41. The molecule has 4 N–H and O–H groups in total. The van der Waals surface area contributed by atoms with Crippen LogP contribution in [0.3, 0.4) is 0 Å². The summed E-state index contributed by atoms with van der Waals surface area (Å²) in [6, 6.07) is 6.15. The summed E-state index contributed by atoms with van der Waals surface area (Å²) in [5, 5.41) is 16.0. The number of rotatable bonds is 4. The van der Waals surface area contributed by atoms with Crippen LogP contribution < -0.4 is 10.5 Å². The molecule has 0 saturated carbocycles. The summed E-state index contributed by atoms with van der Waals surface area (Å²) in [5.74, 6) is 0.949. The van der Waals surface area contributed by atoms with Crippen LogP contribution in [-0.2, 0) is 0 Å². The molecule has 7 heteroatoms. The van der Waals surface area contributed by atoms with Crippen molar-refractivity contribution in [2.45, 2.75) is 32.8 Å². The Morgan fingerprint density at radius 3 is 2.60 bits per heavy atom. The third-order valence-electron chi connectivity index (χ3n) is 3.88. The molecule has 25 heavy (non-hydrogen) atoms. The summed E-state index contributed by atoms with van der Waals surface area (Å²) >= 11 is 0. The Kier molecular flexibility index (Phi) is 6.27. The largest absolute Gasteiger partial charge is 0.490 e. The Morgan fingerprint density at radius 2 is 2.00 bits per heavy atom. The first-order valence-corrected chi connectivity index (χ1v) is 8.19. The highest BCUT2D eigenvalue weighted by atomic mass is 19.1. The van der Waals surface area contributed by atoms with Crippen LogP contribution in [0, 0.1) is 16.6 Å². The molecule has 6 nitrogen and oxygen atoms in total. The Morgan fingerprint density at radius 1 is 1.32 bits per heavy atom. The van der Waals surface area contributed by atoms with Crippen LogP contribution in [0.5, 0.6) is 5.75 Å². The third-order valence-corrected chi connectivity index (χ3v) is 3.88. The van der Waals surface area contributed by atoms with Gasteiger partial charge in [0.15, 0.2) is 0 Å². The van der Waals surface area contributed by atoms with Crippen LogP contribution in [0.1, 0.15) is 26.7 Å². The van der Waals surface area contributed by atoms with Crippen molar-refractivity contribution >= 4 is 17.5 Å². The van der Waals surface area contributed by atoms with Crippen LogP contribution in [-0.4, -0.2) is 41.6 Å². The van der Waals surface area contributed by atoms with E-state index in [9.17, 15) is 4.39 Å². The minimum Gasteiger partial charge on any atom is -0.490 e.